The first-order chi connectivity index (χ1) is 14.8. The average Bonchev–Trinajstić information content (AvgIpc) is 2.74. The predicted molar refractivity (Wildman–Crippen MR) is 127 cm³/mol. The second kappa shape index (κ2) is 11.2. The van der Waals surface area contributed by atoms with Crippen molar-refractivity contribution in [2.75, 3.05) is 0 Å². The molecule has 0 aromatic heterocycles. The number of nitrogens with one attached hydrogen (secondary N) is 1. The number of carbonyl (C=O) groups is 2. The van der Waals surface area contributed by atoms with Gasteiger partial charge in [0.1, 0.15) is 6.04 Å². The lowest BCUT2D eigenvalue weighted by molar-refractivity contribution is -0.140. The Labute approximate surface area is 198 Å². The van der Waals surface area contributed by atoms with Crippen LogP contribution in [-0.2, 0) is 22.6 Å². The first kappa shape index (κ1) is 23.9. The van der Waals surface area contributed by atoms with Crippen molar-refractivity contribution in [3.05, 3.63) is 68.7 Å². The van der Waals surface area contributed by atoms with Crippen LogP contribution in [0, 0.1) is 0 Å². The maximum Gasteiger partial charge on any atom is 0.242 e. The fourth-order valence-corrected chi connectivity index (χ4v) is 4.66. The van der Waals surface area contributed by atoms with Crippen LogP contribution < -0.4 is 5.32 Å². The van der Waals surface area contributed by atoms with E-state index in [1.54, 1.807) is 48.2 Å². The molecule has 0 radical (unpaired) electrons. The molecule has 1 aliphatic carbocycles. The van der Waals surface area contributed by atoms with E-state index in [1.807, 2.05) is 6.07 Å². The minimum atomic E-state index is -0.666. The Morgan fingerprint density at radius 2 is 1.68 bits per heavy atom. The van der Waals surface area contributed by atoms with E-state index in [-0.39, 0.29) is 30.8 Å². The van der Waals surface area contributed by atoms with Crippen LogP contribution in [0.1, 0.15) is 50.2 Å². The molecule has 31 heavy (non-hydrogen) atoms. The number of hydrogen-bond donors (Lipinski definition) is 1. The molecular weight excluding hydrogens is 455 g/mol. The van der Waals surface area contributed by atoms with Gasteiger partial charge in [0.05, 0.1) is 6.42 Å². The highest BCUT2D eigenvalue weighted by Gasteiger charge is 2.29. The zero-order valence-electron chi connectivity index (χ0n) is 17.5. The topological polar surface area (TPSA) is 49.4 Å². The minimum absolute atomic E-state index is 0.129. The van der Waals surface area contributed by atoms with Crippen LogP contribution in [0.2, 0.25) is 15.1 Å². The van der Waals surface area contributed by atoms with Gasteiger partial charge in [0.15, 0.2) is 0 Å². The molecule has 0 spiro atoms. The molecule has 1 fully saturated rings. The monoisotopic (exact) mass is 480 g/mol. The molecule has 2 aromatic carbocycles. The van der Waals surface area contributed by atoms with E-state index in [1.165, 1.54) is 6.42 Å². The van der Waals surface area contributed by atoms with Crippen LogP contribution in [0.15, 0.2) is 42.5 Å². The number of benzene rings is 2. The molecule has 0 bridgehead atoms. The number of hydrogen-bond acceptors (Lipinski definition) is 2. The highest BCUT2D eigenvalue weighted by molar-refractivity contribution is 6.36. The summed E-state index contributed by atoms with van der Waals surface area (Å²) in [5.74, 6) is -0.348. The van der Waals surface area contributed by atoms with Gasteiger partial charge in [-0.3, -0.25) is 9.59 Å². The van der Waals surface area contributed by atoms with Crippen LogP contribution in [0.3, 0.4) is 0 Å². The van der Waals surface area contributed by atoms with E-state index in [9.17, 15) is 9.59 Å². The normalized spacial score (nSPS) is 15.4. The molecule has 0 saturated heterocycles. The number of rotatable bonds is 7. The van der Waals surface area contributed by atoms with Crippen LogP contribution in [0.25, 0.3) is 0 Å². The first-order valence-corrected chi connectivity index (χ1v) is 11.8. The Balaban J connectivity index is 1.81. The summed E-state index contributed by atoms with van der Waals surface area (Å²) in [7, 11) is 0. The number of carbonyl (C=O) groups excluding carboxylic acids is 2. The molecule has 2 amide bonds. The summed E-state index contributed by atoms with van der Waals surface area (Å²) in [5.41, 5.74) is 1.41. The Bertz CT molecular complexity index is 909. The summed E-state index contributed by atoms with van der Waals surface area (Å²) in [6.07, 6.45) is 5.52. The second-order valence-corrected chi connectivity index (χ2v) is 9.30. The maximum atomic E-state index is 13.3. The summed E-state index contributed by atoms with van der Waals surface area (Å²) >= 11 is 18.8. The Hall–Kier alpha value is -1.75. The molecular formula is C24H27Cl3N2O2. The van der Waals surface area contributed by atoms with Crippen LogP contribution in [0.4, 0.5) is 0 Å². The first-order valence-electron chi connectivity index (χ1n) is 10.6. The third-order valence-corrected chi connectivity index (χ3v) is 6.70. The minimum Gasteiger partial charge on any atom is -0.352 e. The van der Waals surface area contributed by atoms with E-state index in [2.05, 4.69) is 5.32 Å². The number of halogens is 3. The number of nitrogens with zero attached hydrogens (tertiary/aromatic N) is 1. The van der Waals surface area contributed by atoms with E-state index < -0.39 is 6.04 Å². The maximum absolute atomic E-state index is 13.3. The molecule has 1 atom stereocenters. The van der Waals surface area contributed by atoms with Gasteiger partial charge in [0.2, 0.25) is 11.8 Å². The van der Waals surface area contributed by atoms with Crippen molar-refractivity contribution in [1.29, 1.82) is 0 Å². The van der Waals surface area contributed by atoms with Gasteiger partial charge in [-0.05, 0) is 49.6 Å². The molecule has 1 aliphatic rings. The van der Waals surface area contributed by atoms with Crippen LogP contribution >= 0.6 is 34.8 Å². The molecule has 0 aliphatic heterocycles. The SMILES string of the molecule is C[C@@H](C(=O)NC1CCCCC1)N(Cc1c(Cl)cccc1Cl)C(=O)Cc1cccc(Cl)c1. The van der Waals surface area contributed by atoms with Crippen molar-refractivity contribution in [3.8, 4) is 0 Å². The van der Waals surface area contributed by atoms with Gasteiger partial charge in [0, 0.05) is 33.2 Å². The summed E-state index contributed by atoms with van der Waals surface area (Å²) in [4.78, 5) is 27.9. The Kier molecular flexibility index (Phi) is 8.65. The third kappa shape index (κ3) is 6.61. The van der Waals surface area contributed by atoms with Gasteiger partial charge in [0.25, 0.3) is 0 Å². The highest BCUT2D eigenvalue weighted by Crippen LogP contribution is 2.27. The lowest BCUT2D eigenvalue weighted by Gasteiger charge is -2.31. The zero-order valence-corrected chi connectivity index (χ0v) is 19.8. The standard InChI is InChI=1S/C24H27Cl3N2O2/c1-16(24(31)28-19-9-3-2-4-10-19)29(15-20-21(26)11-6-12-22(20)27)23(30)14-17-7-5-8-18(25)13-17/h5-8,11-13,16,19H,2-4,9-10,14-15H2,1H3,(H,28,31)/t16-/m0/s1. The van der Waals surface area contributed by atoms with Gasteiger partial charge >= 0.3 is 0 Å². The average molecular weight is 482 g/mol. The van der Waals surface area contributed by atoms with Crippen LogP contribution in [0.5, 0.6) is 0 Å². The molecule has 1 saturated carbocycles. The van der Waals surface area contributed by atoms with E-state index in [4.69, 9.17) is 34.8 Å². The van der Waals surface area contributed by atoms with E-state index in [0.29, 0.717) is 20.6 Å². The van der Waals surface area contributed by atoms with Gasteiger partial charge in [-0.1, -0.05) is 72.3 Å². The number of amides is 2. The van der Waals surface area contributed by atoms with Gasteiger partial charge in [-0.25, -0.2) is 0 Å². The Morgan fingerprint density at radius 3 is 2.32 bits per heavy atom. The molecule has 7 heteroatoms. The quantitative estimate of drug-likeness (QED) is 0.523. The summed E-state index contributed by atoms with van der Waals surface area (Å²) < 4.78 is 0. The highest BCUT2D eigenvalue weighted by atomic mass is 35.5. The summed E-state index contributed by atoms with van der Waals surface area (Å²) in [6.45, 7) is 1.90. The Morgan fingerprint density at radius 1 is 1.03 bits per heavy atom. The van der Waals surface area contributed by atoms with E-state index >= 15 is 0 Å². The predicted octanol–water partition coefficient (Wildman–Crippen LogP) is 6.06. The van der Waals surface area contributed by atoms with Crippen molar-refractivity contribution < 1.29 is 9.59 Å². The van der Waals surface area contributed by atoms with Gasteiger partial charge in [-0.2, -0.15) is 0 Å². The van der Waals surface area contributed by atoms with Gasteiger partial charge in [-0.15, -0.1) is 0 Å². The van der Waals surface area contributed by atoms with E-state index in [0.717, 1.165) is 31.2 Å². The summed E-state index contributed by atoms with van der Waals surface area (Å²) in [5, 5.41) is 4.62. The lowest BCUT2D eigenvalue weighted by atomic mass is 9.95. The molecule has 166 valence electrons. The third-order valence-electron chi connectivity index (χ3n) is 5.75. The summed E-state index contributed by atoms with van der Waals surface area (Å²) in [6, 6.07) is 11.9. The fraction of sp³-hybridized carbons (Fsp3) is 0.417. The smallest absolute Gasteiger partial charge is 0.242 e. The fourth-order valence-electron chi connectivity index (χ4n) is 3.93. The van der Waals surface area contributed by atoms with Gasteiger partial charge < -0.3 is 10.2 Å². The van der Waals surface area contributed by atoms with Crippen LogP contribution in [-0.4, -0.2) is 28.8 Å². The van der Waals surface area contributed by atoms with Crippen molar-refractivity contribution in [1.82, 2.24) is 10.2 Å². The molecule has 3 rings (SSSR count). The zero-order chi connectivity index (χ0) is 22.4. The van der Waals surface area contributed by atoms with Crippen molar-refractivity contribution in [2.45, 2.75) is 64.1 Å². The molecule has 0 heterocycles. The largest absolute Gasteiger partial charge is 0.352 e. The lowest BCUT2D eigenvalue weighted by Crippen LogP contribution is -2.50. The van der Waals surface area contributed by atoms with Crippen molar-refractivity contribution >= 4 is 46.6 Å². The molecule has 2 aromatic rings. The molecule has 0 unspecified atom stereocenters. The van der Waals surface area contributed by atoms with Crippen molar-refractivity contribution in [2.24, 2.45) is 0 Å². The second-order valence-electron chi connectivity index (χ2n) is 8.05. The van der Waals surface area contributed by atoms with Crippen molar-refractivity contribution in [3.63, 3.8) is 0 Å². The molecule has 1 N–H and O–H groups in total. The molecule has 4 nitrogen and oxygen atoms in total.